The van der Waals surface area contributed by atoms with Crippen LogP contribution in [0.25, 0.3) is 5.95 Å². The highest BCUT2D eigenvalue weighted by molar-refractivity contribution is 6.39. The molecule has 0 saturated carbocycles. The van der Waals surface area contributed by atoms with Gasteiger partial charge < -0.3 is 10.2 Å². The normalized spacial score (nSPS) is 14.9. The lowest BCUT2D eigenvalue weighted by atomic mass is 9.99. The number of rotatable bonds is 4. The number of H-pyrrole nitrogens is 1. The third kappa shape index (κ3) is 4.47. The Morgan fingerprint density at radius 3 is 2.68 bits per heavy atom. The number of piperidine rings is 1. The molecule has 0 bridgehead atoms. The molecule has 2 N–H and O–H groups in total. The maximum atomic E-state index is 12.5. The van der Waals surface area contributed by atoms with Gasteiger partial charge >= 0.3 is 11.8 Å². The quantitative estimate of drug-likeness (QED) is 0.772. The molecule has 0 aromatic carbocycles. The van der Waals surface area contributed by atoms with Gasteiger partial charge in [0.05, 0.1) is 5.69 Å². The Morgan fingerprint density at radius 2 is 2.00 bits per heavy atom. The molecule has 2 aromatic heterocycles. The SMILES string of the molecule is CCCc1cc(=O)[nH]c(-n2nc(C)cc2NC(=O)C(=O)N2CCC(C)CC2)n1. The highest BCUT2D eigenvalue weighted by Crippen LogP contribution is 2.18. The van der Waals surface area contributed by atoms with Crippen molar-refractivity contribution in [2.24, 2.45) is 5.92 Å². The van der Waals surface area contributed by atoms with Crippen LogP contribution in [0.2, 0.25) is 0 Å². The third-order valence-corrected chi connectivity index (χ3v) is 4.83. The Hall–Kier alpha value is -2.97. The zero-order valence-corrected chi connectivity index (χ0v) is 16.5. The zero-order valence-electron chi connectivity index (χ0n) is 16.5. The van der Waals surface area contributed by atoms with E-state index in [1.807, 2.05) is 6.92 Å². The molecule has 0 unspecified atom stereocenters. The molecule has 1 aliphatic rings. The van der Waals surface area contributed by atoms with Gasteiger partial charge in [0.15, 0.2) is 0 Å². The van der Waals surface area contributed by atoms with Crippen LogP contribution in [0.15, 0.2) is 16.9 Å². The van der Waals surface area contributed by atoms with Crippen LogP contribution in [0.4, 0.5) is 5.82 Å². The van der Waals surface area contributed by atoms with Crippen LogP contribution >= 0.6 is 0 Å². The number of nitrogens with zero attached hydrogens (tertiary/aromatic N) is 4. The van der Waals surface area contributed by atoms with E-state index >= 15 is 0 Å². The number of hydrogen-bond donors (Lipinski definition) is 2. The first-order chi connectivity index (χ1) is 13.4. The van der Waals surface area contributed by atoms with Gasteiger partial charge in [-0.25, -0.2) is 4.98 Å². The van der Waals surface area contributed by atoms with Gasteiger partial charge in [0.2, 0.25) is 5.95 Å². The number of amides is 2. The molecule has 28 heavy (non-hydrogen) atoms. The Bertz CT molecular complexity index is 924. The number of carbonyl (C=O) groups excluding carboxylic acids is 2. The molecule has 2 amide bonds. The number of nitrogens with one attached hydrogen (secondary N) is 2. The fourth-order valence-electron chi connectivity index (χ4n) is 3.25. The molecule has 0 spiro atoms. The van der Waals surface area contributed by atoms with E-state index in [4.69, 9.17) is 0 Å². The van der Waals surface area contributed by atoms with Gasteiger partial charge in [0, 0.05) is 30.9 Å². The van der Waals surface area contributed by atoms with Crippen molar-refractivity contribution >= 4 is 17.6 Å². The van der Waals surface area contributed by atoms with Crippen molar-refractivity contribution < 1.29 is 9.59 Å². The monoisotopic (exact) mass is 386 g/mol. The Morgan fingerprint density at radius 1 is 1.29 bits per heavy atom. The summed E-state index contributed by atoms with van der Waals surface area (Å²) in [6.45, 7) is 7.07. The van der Waals surface area contributed by atoms with Crippen LogP contribution in [0.5, 0.6) is 0 Å². The van der Waals surface area contributed by atoms with Crippen molar-refractivity contribution in [2.45, 2.75) is 46.5 Å². The van der Waals surface area contributed by atoms with Gasteiger partial charge in [0.25, 0.3) is 5.56 Å². The van der Waals surface area contributed by atoms with Crippen LogP contribution in [0.1, 0.15) is 44.5 Å². The fourth-order valence-corrected chi connectivity index (χ4v) is 3.25. The molecule has 1 aliphatic heterocycles. The van der Waals surface area contributed by atoms with E-state index in [-0.39, 0.29) is 17.3 Å². The second kappa shape index (κ2) is 8.37. The standard InChI is InChI=1S/C19H26N6O3/c1-4-5-14-11-16(26)22-19(20-14)25-15(10-13(3)23-25)21-17(27)18(28)24-8-6-12(2)7-9-24/h10-12H,4-9H2,1-3H3,(H,21,27)(H,20,22,26). The number of aromatic nitrogens is 4. The molecule has 3 rings (SSSR count). The minimum Gasteiger partial charge on any atom is -0.334 e. The van der Waals surface area contributed by atoms with Crippen molar-refractivity contribution in [2.75, 3.05) is 18.4 Å². The minimum atomic E-state index is -0.720. The van der Waals surface area contributed by atoms with Crippen molar-refractivity contribution in [1.82, 2.24) is 24.6 Å². The summed E-state index contributed by atoms with van der Waals surface area (Å²) in [7, 11) is 0. The Kier molecular flexibility index (Phi) is 5.91. The Labute approximate surface area is 163 Å². The van der Waals surface area contributed by atoms with Crippen LogP contribution in [0.3, 0.4) is 0 Å². The molecule has 1 saturated heterocycles. The number of anilines is 1. The average molecular weight is 386 g/mol. The largest absolute Gasteiger partial charge is 0.334 e. The molecule has 2 aromatic rings. The highest BCUT2D eigenvalue weighted by atomic mass is 16.2. The molecule has 3 heterocycles. The maximum Gasteiger partial charge on any atom is 0.315 e. The van der Waals surface area contributed by atoms with Gasteiger partial charge in [-0.05, 0) is 32.1 Å². The second-order valence-electron chi connectivity index (χ2n) is 7.32. The molecule has 9 nitrogen and oxygen atoms in total. The number of aromatic amines is 1. The van der Waals surface area contributed by atoms with Gasteiger partial charge in [-0.15, -0.1) is 0 Å². The molecular weight excluding hydrogens is 360 g/mol. The Balaban J connectivity index is 1.82. The van der Waals surface area contributed by atoms with Gasteiger partial charge in [-0.2, -0.15) is 9.78 Å². The van der Waals surface area contributed by atoms with Crippen LogP contribution in [-0.4, -0.2) is 49.6 Å². The lowest BCUT2D eigenvalue weighted by Gasteiger charge is -2.29. The summed E-state index contributed by atoms with van der Waals surface area (Å²) in [5.41, 5.74) is 0.973. The van der Waals surface area contributed by atoms with E-state index in [0.29, 0.717) is 36.8 Å². The van der Waals surface area contributed by atoms with E-state index in [1.165, 1.54) is 10.7 Å². The van der Waals surface area contributed by atoms with E-state index < -0.39 is 11.8 Å². The van der Waals surface area contributed by atoms with Crippen molar-refractivity contribution in [1.29, 1.82) is 0 Å². The van der Waals surface area contributed by atoms with Gasteiger partial charge in [-0.3, -0.25) is 19.4 Å². The summed E-state index contributed by atoms with van der Waals surface area (Å²) < 4.78 is 1.35. The fraction of sp³-hybridized carbons (Fsp3) is 0.526. The summed E-state index contributed by atoms with van der Waals surface area (Å²) >= 11 is 0. The number of carbonyl (C=O) groups is 2. The highest BCUT2D eigenvalue weighted by Gasteiger charge is 2.26. The van der Waals surface area contributed by atoms with Gasteiger partial charge in [0.1, 0.15) is 5.82 Å². The molecule has 0 aliphatic carbocycles. The molecule has 0 atom stereocenters. The van der Waals surface area contributed by atoms with Crippen molar-refractivity contribution in [3.8, 4) is 5.95 Å². The second-order valence-corrected chi connectivity index (χ2v) is 7.32. The third-order valence-electron chi connectivity index (χ3n) is 4.83. The predicted octanol–water partition coefficient (Wildman–Crippen LogP) is 1.41. The molecular formula is C19H26N6O3. The summed E-state index contributed by atoms with van der Waals surface area (Å²) in [4.78, 5) is 45.5. The first kappa shape index (κ1) is 19.8. The summed E-state index contributed by atoms with van der Waals surface area (Å²) in [5.74, 6) is -0.215. The van der Waals surface area contributed by atoms with Crippen LogP contribution < -0.4 is 10.9 Å². The number of hydrogen-bond acceptors (Lipinski definition) is 5. The predicted molar refractivity (Wildman–Crippen MR) is 104 cm³/mol. The molecule has 0 radical (unpaired) electrons. The zero-order chi connectivity index (χ0) is 20.3. The van der Waals surface area contributed by atoms with E-state index in [1.54, 1.807) is 17.9 Å². The average Bonchev–Trinajstić information content (AvgIpc) is 3.02. The molecule has 9 heteroatoms. The van der Waals surface area contributed by atoms with Crippen LogP contribution in [-0.2, 0) is 16.0 Å². The summed E-state index contributed by atoms with van der Waals surface area (Å²) in [6.07, 6.45) is 3.29. The summed E-state index contributed by atoms with van der Waals surface area (Å²) in [5, 5.41) is 6.92. The maximum absolute atomic E-state index is 12.5. The molecule has 150 valence electrons. The topological polar surface area (TPSA) is 113 Å². The lowest BCUT2D eigenvalue weighted by molar-refractivity contribution is -0.144. The summed E-state index contributed by atoms with van der Waals surface area (Å²) in [6, 6.07) is 3.08. The van der Waals surface area contributed by atoms with E-state index in [9.17, 15) is 14.4 Å². The van der Waals surface area contributed by atoms with Gasteiger partial charge in [-0.1, -0.05) is 20.3 Å². The van der Waals surface area contributed by atoms with Crippen LogP contribution in [0, 0.1) is 12.8 Å². The lowest BCUT2D eigenvalue weighted by Crippen LogP contribution is -2.44. The van der Waals surface area contributed by atoms with E-state index in [0.717, 1.165) is 19.3 Å². The first-order valence-electron chi connectivity index (χ1n) is 9.65. The van der Waals surface area contributed by atoms with E-state index in [2.05, 4.69) is 27.3 Å². The first-order valence-corrected chi connectivity index (χ1v) is 9.65. The molecule has 1 fully saturated rings. The van der Waals surface area contributed by atoms with Crippen molar-refractivity contribution in [3.05, 3.63) is 33.9 Å². The smallest absolute Gasteiger partial charge is 0.315 e. The van der Waals surface area contributed by atoms with Crippen molar-refractivity contribution in [3.63, 3.8) is 0 Å². The number of likely N-dealkylation sites (tertiary alicyclic amines) is 1. The number of aryl methyl sites for hydroxylation is 2. The minimum absolute atomic E-state index is 0.207.